The van der Waals surface area contributed by atoms with E-state index in [0.29, 0.717) is 11.7 Å². The Bertz CT molecular complexity index is 584. The molecule has 1 N–H and O–H groups in total. The van der Waals surface area contributed by atoms with Crippen LogP contribution in [0.4, 0.5) is 0 Å². The molecule has 1 aromatic heterocycles. The highest BCUT2D eigenvalue weighted by molar-refractivity contribution is 9.10. The number of aliphatic hydroxyl groups is 1. The van der Waals surface area contributed by atoms with E-state index in [0.717, 1.165) is 28.2 Å². The maximum absolute atomic E-state index is 9.62. The van der Waals surface area contributed by atoms with Gasteiger partial charge in [-0.05, 0) is 37.1 Å². The molecule has 1 fully saturated rings. The minimum Gasteiger partial charge on any atom is -0.390 e. The van der Waals surface area contributed by atoms with E-state index in [9.17, 15) is 5.11 Å². The summed E-state index contributed by atoms with van der Waals surface area (Å²) in [6.45, 7) is -2.28. The molecule has 0 saturated heterocycles. The van der Waals surface area contributed by atoms with E-state index < -0.39 is 6.56 Å². The molecule has 1 aliphatic carbocycles. The van der Waals surface area contributed by atoms with Crippen LogP contribution in [0.3, 0.4) is 0 Å². The zero-order chi connectivity index (χ0) is 12.2. The molecule has 15 heavy (non-hydrogen) atoms. The van der Waals surface area contributed by atoms with Crippen molar-refractivity contribution in [3.8, 4) is 0 Å². The standard InChI is InChI=1S/C12H12BrNO/c13-9-1-4-12-8(5-9)6-11(7-15)14(12)10-2-3-10/h1,4-6,10,15H,2-3,7H2/i7D2. The number of nitrogens with zero attached hydrogens (tertiary/aromatic N) is 1. The van der Waals surface area contributed by atoms with Crippen LogP contribution < -0.4 is 0 Å². The maximum atomic E-state index is 9.62. The van der Waals surface area contributed by atoms with Crippen LogP contribution in [0.1, 0.15) is 27.3 Å². The fourth-order valence-electron chi connectivity index (χ4n) is 2.02. The molecule has 1 aliphatic rings. The van der Waals surface area contributed by atoms with Crippen molar-refractivity contribution in [1.82, 2.24) is 4.57 Å². The van der Waals surface area contributed by atoms with Crippen molar-refractivity contribution < 1.29 is 7.85 Å². The first-order valence-electron chi connectivity index (χ1n) is 6.00. The molecular formula is C12H12BrNO. The maximum Gasteiger partial charge on any atom is 0.0833 e. The number of rotatable bonds is 2. The summed E-state index contributed by atoms with van der Waals surface area (Å²) in [5.74, 6) is 0. The van der Waals surface area contributed by atoms with Crippen LogP contribution in [-0.2, 0) is 6.56 Å². The molecule has 2 nitrogen and oxygen atoms in total. The van der Waals surface area contributed by atoms with Gasteiger partial charge >= 0.3 is 0 Å². The van der Waals surface area contributed by atoms with Crippen molar-refractivity contribution in [2.75, 3.05) is 0 Å². The van der Waals surface area contributed by atoms with Crippen LogP contribution in [0.15, 0.2) is 28.7 Å². The van der Waals surface area contributed by atoms with Crippen LogP contribution in [0.2, 0.25) is 0 Å². The predicted octanol–water partition coefficient (Wildman–Crippen LogP) is 3.23. The number of halogens is 1. The molecule has 3 heteroatoms. The van der Waals surface area contributed by atoms with Crippen molar-refractivity contribution in [3.05, 3.63) is 34.4 Å². The normalized spacial score (nSPS) is 19.1. The molecule has 78 valence electrons. The van der Waals surface area contributed by atoms with Gasteiger partial charge in [-0.2, -0.15) is 0 Å². The highest BCUT2D eigenvalue weighted by atomic mass is 79.9. The van der Waals surface area contributed by atoms with Gasteiger partial charge in [0.05, 0.1) is 9.30 Å². The van der Waals surface area contributed by atoms with Gasteiger partial charge in [-0.15, -0.1) is 0 Å². The molecule has 1 heterocycles. The van der Waals surface area contributed by atoms with Gasteiger partial charge < -0.3 is 9.67 Å². The van der Waals surface area contributed by atoms with E-state index in [1.807, 2.05) is 22.8 Å². The first-order valence-corrected chi connectivity index (χ1v) is 5.79. The van der Waals surface area contributed by atoms with Crippen LogP contribution in [-0.4, -0.2) is 9.67 Å². The van der Waals surface area contributed by atoms with Gasteiger partial charge in [-0.25, -0.2) is 0 Å². The lowest BCUT2D eigenvalue weighted by atomic mass is 10.2. The lowest BCUT2D eigenvalue weighted by Gasteiger charge is -2.06. The molecule has 2 aromatic rings. The molecule has 3 rings (SSSR count). The molecule has 0 bridgehead atoms. The monoisotopic (exact) mass is 267 g/mol. The van der Waals surface area contributed by atoms with Gasteiger partial charge in [0.15, 0.2) is 0 Å². The second-order valence-electron chi connectivity index (χ2n) is 3.95. The Hall–Kier alpha value is -0.800. The number of hydrogen-bond donors (Lipinski definition) is 1. The minimum absolute atomic E-state index is 0.339. The zero-order valence-corrected chi connectivity index (χ0v) is 9.66. The van der Waals surface area contributed by atoms with Gasteiger partial charge in [0.25, 0.3) is 0 Å². The van der Waals surface area contributed by atoms with Gasteiger partial charge in [-0.3, -0.25) is 0 Å². The summed E-state index contributed by atoms with van der Waals surface area (Å²) >= 11 is 3.40. The highest BCUT2D eigenvalue weighted by Gasteiger charge is 2.26. The smallest absolute Gasteiger partial charge is 0.0833 e. The van der Waals surface area contributed by atoms with Gasteiger partial charge in [0.1, 0.15) is 0 Å². The Morgan fingerprint density at radius 2 is 2.27 bits per heavy atom. The summed E-state index contributed by atoms with van der Waals surface area (Å²) in [6.07, 6.45) is 2.12. The van der Waals surface area contributed by atoms with Gasteiger partial charge in [-0.1, -0.05) is 15.9 Å². The fourth-order valence-corrected chi connectivity index (χ4v) is 2.40. The first-order chi connectivity index (χ1) is 7.97. The largest absolute Gasteiger partial charge is 0.390 e. The van der Waals surface area contributed by atoms with Crippen LogP contribution in [0.25, 0.3) is 10.9 Å². The van der Waals surface area contributed by atoms with Crippen molar-refractivity contribution in [2.45, 2.75) is 25.4 Å². The predicted molar refractivity (Wildman–Crippen MR) is 63.8 cm³/mol. The van der Waals surface area contributed by atoms with Crippen molar-refractivity contribution >= 4 is 26.8 Å². The summed E-state index contributed by atoms with van der Waals surface area (Å²) in [5.41, 5.74) is 1.34. The third-order valence-corrected chi connectivity index (χ3v) is 3.32. The Morgan fingerprint density at radius 3 is 2.93 bits per heavy atom. The Labute approximate surface area is 99.5 Å². The molecular weight excluding hydrogens is 254 g/mol. The van der Waals surface area contributed by atoms with E-state index >= 15 is 0 Å². The lowest BCUT2D eigenvalue weighted by Crippen LogP contribution is -1.99. The molecule has 1 saturated carbocycles. The van der Waals surface area contributed by atoms with Gasteiger partial charge in [0.2, 0.25) is 0 Å². The summed E-state index contributed by atoms with van der Waals surface area (Å²) in [4.78, 5) is 0. The van der Waals surface area contributed by atoms with Gasteiger partial charge in [0, 0.05) is 27.1 Å². The van der Waals surface area contributed by atoms with E-state index in [1.54, 1.807) is 6.07 Å². The number of aromatic nitrogens is 1. The average Bonchev–Trinajstić information content (AvgIpc) is 2.97. The van der Waals surface area contributed by atoms with Crippen molar-refractivity contribution in [2.24, 2.45) is 0 Å². The second kappa shape index (κ2) is 3.35. The summed E-state index contributed by atoms with van der Waals surface area (Å²) in [7, 11) is 0. The molecule has 0 spiro atoms. The second-order valence-corrected chi connectivity index (χ2v) is 4.86. The van der Waals surface area contributed by atoms with Crippen LogP contribution in [0, 0.1) is 0 Å². The quantitative estimate of drug-likeness (QED) is 0.888. The number of hydrogen-bond acceptors (Lipinski definition) is 1. The minimum atomic E-state index is -2.28. The molecule has 0 unspecified atom stereocenters. The number of benzene rings is 1. The molecule has 1 aromatic carbocycles. The molecule has 0 aliphatic heterocycles. The molecule has 0 amide bonds. The molecule has 0 atom stereocenters. The van der Waals surface area contributed by atoms with Crippen LogP contribution in [0.5, 0.6) is 0 Å². The third-order valence-electron chi connectivity index (χ3n) is 2.83. The third kappa shape index (κ3) is 1.50. The Morgan fingerprint density at radius 1 is 1.47 bits per heavy atom. The average molecular weight is 268 g/mol. The summed E-state index contributed by atoms with van der Waals surface area (Å²) in [6, 6.07) is 7.93. The molecule has 0 radical (unpaired) electrons. The van der Waals surface area contributed by atoms with Crippen molar-refractivity contribution in [3.63, 3.8) is 0 Å². The Kier molecular flexibility index (Phi) is 1.67. The van der Waals surface area contributed by atoms with Crippen LogP contribution >= 0.6 is 15.9 Å². The number of fused-ring (bicyclic) bond motifs is 1. The van der Waals surface area contributed by atoms with Crippen molar-refractivity contribution in [1.29, 1.82) is 0 Å². The van der Waals surface area contributed by atoms with E-state index in [4.69, 9.17) is 2.74 Å². The highest BCUT2D eigenvalue weighted by Crippen LogP contribution is 2.40. The zero-order valence-electron chi connectivity index (χ0n) is 10.1. The van der Waals surface area contributed by atoms with E-state index in [2.05, 4.69) is 15.9 Å². The van der Waals surface area contributed by atoms with E-state index in [1.165, 1.54) is 0 Å². The summed E-state index contributed by atoms with van der Waals surface area (Å²) < 4.78 is 17.9. The fraction of sp³-hybridized carbons (Fsp3) is 0.333. The van der Waals surface area contributed by atoms with E-state index in [-0.39, 0.29) is 0 Å². The SMILES string of the molecule is [2H]C([2H])(O)c1cc2cc(Br)ccc2n1C1CC1. The first kappa shape index (κ1) is 7.47. The lowest BCUT2D eigenvalue weighted by molar-refractivity contribution is 0.271. The summed E-state index contributed by atoms with van der Waals surface area (Å²) in [5, 5.41) is 10.6. The Balaban J connectivity index is 2.30. The topological polar surface area (TPSA) is 25.2 Å².